The SMILES string of the molecule is Oc1cccc(-c2nc(N3CCOCC3)c3ncn(Cc4ccccc4)c3n2)c1. The van der Waals surface area contributed by atoms with Crippen molar-refractivity contribution < 1.29 is 9.84 Å². The Morgan fingerprint density at radius 2 is 1.79 bits per heavy atom. The van der Waals surface area contributed by atoms with Crippen LogP contribution in [0.15, 0.2) is 60.9 Å². The monoisotopic (exact) mass is 387 g/mol. The van der Waals surface area contributed by atoms with Gasteiger partial charge in [0.1, 0.15) is 5.75 Å². The molecule has 3 heterocycles. The molecule has 29 heavy (non-hydrogen) atoms. The van der Waals surface area contributed by atoms with Crippen molar-refractivity contribution in [1.82, 2.24) is 19.5 Å². The number of phenols is 1. The number of ether oxygens (including phenoxy) is 1. The topological polar surface area (TPSA) is 76.3 Å². The highest BCUT2D eigenvalue weighted by atomic mass is 16.5. The molecule has 0 atom stereocenters. The maximum absolute atomic E-state index is 9.92. The molecule has 1 saturated heterocycles. The highest BCUT2D eigenvalue weighted by molar-refractivity contribution is 5.86. The van der Waals surface area contributed by atoms with E-state index in [2.05, 4.69) is 22.0 Å². The van der Waals surface area contributed by atoms with Crippen LogP contribution in [0.2, 0.25) is 0 Å². The van der Waals surface area contributed by atoms with E-state index in [0.29, 0.717) is 25.6 Å². The smallest absolute Gasteiger partial charge is 0.166 e. The van der Waals surface area contributed by atoms with Crippen LogP contribution in [0.1, 0.15) is 5.56 Å². The fraction of sp³-hybridized carbons (Fsp3) is 0.227. The van der Waals surface area contributed by atoms with Gasteiger partial charge >= 0.3 is 0 Å². The zero-order valence-electron chi connectivity index (χ0n) is 15.9. The number of phenolic OH excluding ortho intramolecular Hbond substituents is 1. The molecule has 1 aliphatic rings. The Bertz CT molecular complexity index is 1140. The van der Waals surface area contributed by atoms with E-state index < -0.39 is 0 Å². The minimum absolute atomic E-state index is 0.192. The van der Waals surface area contributed by atoms with Crippen LogP contribution >= 0.6 is 0 Å². The predicted molar refractivity (Wildman–Crippen MR) is 111 cm³/mol. The number of benzene rings is 2. The van der Waals surface area contributed by atoms with Crippen molar-refractivity contribution in [1.29, 1.82) is 0 Å². The second kappa shape index (κ2) is 7.52. The van der Waals surface area contributed by atoms with Crippen molar-refractivity contribution in [2.45, 2.75) is 6.54 Å². The minimum Gasteiger partial charge on any atom is -0.508 e. The molecule has 0 saturated carbocycles. The molecule has 146 valence electrons. The molecule has 7 heteroatoms. The molecule has 0 radical (unpaired) electrons. The first kappa shape index (κ1) is 17.6. The number of morpholine rings is 1. The van der Waals surface area contributed by atoms with Gasteiger partial charge in [0.15, 0.2) is 22.8 Å². The summed E-state index contributed by atoms with van der Waals surface area (Å²) < 4.78 is 7.55. The van der Waals surface area contributed by atoms with Crippen molar-refractivity contribution in [2.24, 2.45) is 0 Å². The van der Waals surface area contributed by atoms with Crippen LogP contribution in [0.25, 0.3) is 22.6 Å². The molecule has 5 rings (SSSR count). The summed E-state index contributed by atoms with van der Waals surface area (Å²) in [6.07, 6.45) is 1.82. The first-order valence-electron chi connectivity index (χ1n) is 9.67. The summed E-state index contributed by atoms with van der Waals surface area (Å²) in [6.45, 7) is 3.53. The third-order valence-corrected chi connectivity index (χ3v) is 5.06. The van der Waals surface area contributed by atoms with E-state index in [1.165, 1.54) is 5.56 Å². The number of fused-ring (bicyclic) bond motifs is 1. The summed E-state index contributed by atoms with van der Waals surface area (Å²) in [5.74, 6) is 1.57. The molecular weight excluding hydrogens is 366 g/mol. The fourth-order valence-corrected chi connectivity index (χ4v) is 3.59. The molecule has 0 spiro atoms. The van der Waals surface area contributed by atoms with Gasteiger partial charge in [0.25, 0.3) is 0 Å². The van der Waals surface area contributed by atoms with E-state index in [0.717, 1.165) is 35.6 Å². The van der Waals surface area contributed by atoms with Crippen LogP contribution in [0.5, 0.6) is 5.75 Å². The third kappa shape index (κ3) is 3.52. The average Bonchev–Trinajstić information content (AvgIpc) is 3.17. The summed E-state index contributed by atoms with van der Waals surface area (Å²) in [5.41, 5.74) is 3.52. The Hall–Kier alpha value is -3.45. The van der Waals surface area contributed by atoms with E-state index in [4.69, 9.17) is 14.7 Å². The van der Waals surface area contributed by atoms with Crippen molar-refractivity contribution >= 4 is 17.0 Å². The summed E-state index contributed by atoms with van der Waals surface area (Å²) in [5, 5.41) is 9.92. The lowest BCUT2D eigenvalue weighted by Gasteiger charge is -2.28. The molecule has 7 nitrogen and oxygen atoms in total. The summed E-state index contributed by atoms with van der Waals surface area (Å²) in [4.78, 5) is 16.5. The van der Waals surface area contributed by atoms with Crippen LogP contribution in [0.4, 0.5) is 5.82 Å². The van der Waals surface area contributed by atoms with Crippen LogP contribution in [0.3, 0.4) is 0 Å². The number of nitrogens with zero attached hydrogens (tertiary/aromatic N) is 5. The van der Waals surface area contributed by atoms with Crippen LogP contribution in [0, 0.1) is 0 Å². The van der Waals surface area contributed by atoms with Crippen molar-refractivity contribution in [3.63, 3.8) is 0 Å². The largest absolute Gasteiger partial charge is 0.508 e. The van der Waals surface area contributed by atoms with Gasteiger partial charge in [-0.3, -0.25) is 0 Å². The first-order valence-corrected chi connectivity index (χ1v) is 9.67. The van der Waals surface area contributed by atoms with E-state index in [1.54, 1.807) is 18.2 Å². The number of hydrogen-bond acceptors (Lipinski definition) is 6. The molecule has 2 aromatic carbocycles. The van der Waals surface area contributed by atoms with Crippen LogP contribution in [-0.4, -0.2) is 50.9 Å². The molecule has 1 aliphatic heterocycles. The molecule has 0 unspecified atom stereocenters. The molecular formula is C22H21N5O2. The second-order valence-corrected chi connectivity index (χ2v) is 7.05. The molecule has 2 aromatic heterocycles. The lowest BCUT2D eigenvalue weighted by molar-refractivity contribution is 0.122. The second-order valence-electron chi connectivity index (χ2n) is 7.05. The number of anilines is 1. The Balaban J connectivity index is 1.65. The molecule has 0 amide bonds. The summed E-state index contributed by atoms with van der Waals surface area (Å²) in [7, 11) is 0. The molecule has 4 aromatic rings. The Morgan fingerprint density at radius 1 is 0.966 bits per heavy atom. The standard InChI is InChI=1S/C22H21N5O2/c28-18-8-4-7-17(13-18)20-24-21(26-9-11-29-12-10-26)19-22(25-20)27(15-23-19)14-16-5-2-1-3-6-16/h1-8,13,15,28H,9-12,14H2. The van der Waals surface area contributed by atoms with Crippen molar-refractivity contribution in [3.05, 3.63) is 66.5 Å². The van der Waals surface area contributed by atoms with Gasteiger partial charge in [-0.25, -0.2) is 15.0 Å². The zero-order chi connectivity index (χ0) is 19.6. The Kier molecular flexibility index (Phi) is 4.57. The number of aromatic nitrogens is 4. The summed E-state index contributed by atoms with van der Waals surface area (Å²) >= 11 is 0. The highest BCUT2D eigenvalue weighted by Gasteiger charge is 2.21. The van der Waals surface area contributed by atoms with Crippen LogP contribution in [-0.2, 0) is 11.3 Å². The molecule has 1 fully saturated rings. The van der Waals surface area contributed by atoms with E-state index in [-0.39, 0.29) is 5.75 Å². The van der Waals surface area contributed by atoms with Gasteiger partial charge in [-0.1, -0.05) is 42.5 Å². The van der Waals surface area contributed by atoms with Gasteiger partial charge in [0.05, 0.1) is 26.1 Å². The number of hydrogen-bond donors (Lipinski definition) is 1. The maximum Gasteiger partial charge on any atom is 0.166 e. The Labute approximate surface area is 168 Å². The fourth-order valence-electron chi connectivity index (χ4n) is 3.59. The average molecular weight is 387 g/mol. The van der Waals surface area contributed by atoms with Gasteiger partial charge in [-0.05, 0) is 17.7 Å². The van der Waals surface area contributed by atoms with E-state index in [1.807, 2.05) is 35.2 Å². The zero-order valence-corrected chi connectivity index (χ0v) is 15.9. The minimum atomic E-state index is 0.192. The van der Waals surface area contributed by atoms with Crippen molar-refractivity contribution in [2.75, 3.05) is 31.2 Å². The highest BCUT2D eigenvalue weighted by Crippen LogP contribution is 2.29. The van der Waals surface area contributed by atoms with Gasteiger partial charge in [-0.15, -0.1) is 0 Å². The third-order valence-electron chi connectivity index (χ3n) is 5.06. The quantitative estimate of drug-likeness (QED) is 0.580. The van der Waals surface area contributed by atoms with E-state index >= 15 is 0 Å². The first-order chi connectivity index (χ1) is 14.3. The lowest BCUT2D eigenvalue weighted by Crippen LogP contribution is -2.37. The van der Waals surface area contributed by atoms with Crippen LogP contribution < -0.4 is 4.90 Å². The number of imidazole rings is 1. The summed E-state index contributed by atoms with van der Waals surface area (Å²) in [6, 6.07) is 17.3. The Morgan fingerprint density at radius 3 is 2.59 bits per heavy atom. The normalized spacial score (nSPS) is 14.4. The van der Waals surface area contributed by atoms with Crippen molar-refractivity contribution in [3.8, 4) is 17.1 Å². The van der Waals surface area contributed by atoms with Gasteiger partial charge in [0, 0.05) is 18.7 Å². The van der Waals surface area contributed by atoms with Gasteiger partial charge < -0.3 is 19.3 Å². The molecule has 1 N–H and O–H groups in total. The van der Waals surface area contributed by atoms with Gasteiger partial charge in [-0.2, -0.15) is 0 Å². The van der Waals surface area contributed by atoms with E-state index in [9.17, 15) is 5.11 Å². The lowest BCUT2D eigenvalue weighted by atomic mass is 10.2. The molecule has 0 bridgehead atoms. The van der Waals surface area contributed by atoms with Gasteiger partial charge in [0.2, 0.25) is 0 Å². The predicted octanol–water partition coefficient (Wildman–Crippen LogP) is 3.08. The molecule has 0 aliphatic carbocycles. The maximum atomic E-state index is 9.92. The number of aromatic hydroxyl groups is 1. The number of rotatable bonds is 4.